The Kier molecular flexibility index (Phi) is 7.65. The Labute approximate surface area is 176 Å². The molecular weight excluding hydrogens is 408 g/mol. The van der Waals surface area contributed by atoms with E-state index in [0.29, 0.717) is 26.2 Å². The number of thioether (sulfide) groups is 1. The van der Waals surface area contributed by atoms with Gasteiger partial charge in [0.05, 0.1) is 17.3 Å². The van der Waals surface area contributed by atoms with Gasteiger partial charge in [-0.25, -0.2) is 13.4 Å². The average Bonchev–Trinajstić information content (AvgIpc) is 2.73. The number of carbonyl (C=O) groups is 1. The van der Waals surface area contributed by atoms with Gasteiger partial charge in [0.1, 0.15) is 0 Å². The Morgan fingerprint density at radius 3 is 2.62 bits per heavy atom. The van der Waals surface area contributed by atoms with Crippen molar-refractivity contribution in [2.75, 3.05) is 43.8 Å². The van der Waals surface area contributed by atoms with E-state index in [9.17, 15) is 13.2 Å². The van der Waals surface area contributed by atoms with Gasteiger partial charge in [-0.3, -0.25) is 9.69 Å². The number of anilines is 1. The molecule has 156 valence electrons. The number of pyridine rings is 1. The maximum Gasteiger partial charge on any atom is 0.238 e. The van der Waals surface area contributed by atoms with Crippen molar-refractivity contribution in [1.29, 1.82) is 0 Å². The lowest BCUT2D eigenvalue weighted by Crippen LogP contribution is -2.50. The number of benzene rings is 1. The van der Waals surface area contributed by atoms with E-state index in [1.54, 1.807) is 24.9 Å². The number of sulfonamides is 1. The average molecular weight is 435 g/mol. The maximum absolute atomic E-state index is 12.4. The molecule has 2 heterocycles. The van der Waals surface area contributed by atoms with Crippen LogP contribution in [0.4, 0.5) is 5.69 Å². The molecule has 1 aromatic carbocycles. The normalized spacial score (nSPS) is 15.9. The number of nitrogens with one attached hydrogen (secondary N) is 1. The SMILES string of the molecule is CCS(=O)(=O)N1CCN(CC(=O)Nc2cccc(CSc3ccccn3)c2)CC1. The molecule has 1 aliphatic rings. The molecule has 1 saturated heterocycles. The number of carbonyl (C=O) groups excluding carboxylic acids is 1. The summed E-state index contributed by atoms with van der Waals surface area (Å²) in [6.07, 6.45) is 1.77. The van der Waals surface area contributed by atoms with Crippen LogP contribution >= 0.6 is 11.8 Å². The lowest BCUT2D eigenvalue weighted by molar-refractivity contribution is -0.117. The summed E-state index contributed by atoms with van der Waals surface area (Å²) >= 11 is 1.65. The van der Waals surface area contributed by atoms with Crippen molar-refractivity contribution in [3.8, 4) is 0 Å². The Hall–Kier alpha value is -1.94. The van der Waals surface area contributed by atoms with E-state index in [1.807, 2.05) is 47.4 Å². The second-order valence-corrected chi connectivity index (χ2v) is 10.0. The van der Waals surface area contributed by atoms with Crippen molar-refractivity contribution in [3.05, 3.63) is 54.2 Å². The molecule has 0 radical (unpaired) electrons. The number of hydrogen-bond acceptors (Lipinski definition) is 6. The Morgan fingerprint density at radius 1 is 1.14 bits per heavy atom. The molecule has 1 fully saturated rings. The summed E-state index contributed by atoms with van der Waals surface area (Å²) in [5.74, 6) is 0.795. The highest BCUT2D eigenvalue weighted by molar-refractivity contribution is 7.98. The van der Waals surface area contributed by atoms with E-state index >= 15 is 0 Å². The summed E-state index contributed by atoms with van der Waals surface area (Å²) in [5, 5.41) is 3.91. The molecule has 0 spiro atoms. The largest absolute Gasteiger partial charge is 0.325 e. The topological polar surface area (TPSA) is 82.6 Å². The fourth-order valence-electron chi connectivity index (χ4n) is 3.08. The van der Waals surface area contributed by atoms with Gasteiger partial charge < -0.3 is 5.32 Å². The molecule has 3 rings (SSSR count). The van der Waals surface area contributed by atoms with Crippen LogP contribution in [0.3, 0.4) is 0 Å². The molecule has 9 heteroatoms. The predicted octanol–water partition coefficient (Wildman–Crippen LogP) is 2.28. The number of hydrogen-bond donors (Lipinski definition) is 1. The van der Waals surface area contributed by atoms with Gasteiger partial charge in [0, 0.05) is 43.8 Å². The molecule has 2 aromatic rings. The van der Waals surface area contributed by atoms with Gasteiger partial charge in [-0.05, 0) is 36.8 Å². The maximum atomic E-state index is 12.4. The third kappa shape index (κ3) is 6.53. The van der Waals surface area contributed by atoms with Crippen LogP contribution in [-0.2, 0) is 20.6 Å². The van der Waals surface area contributed by atoms with Crippen LogP contribution in [0.1, 0.15) is 12.5 Å². The first kappa shape index (κ1) is 21.8. The first-order valence-corrected chi connectivity index (χ1v) is 12.2. The monoisotopic (exact) mass is 434 g/mol. The molecule has 0 atom stereocenters. The third-order valence-corrected chi connectivity index (χ3v) is 7.59. The van der Waals surface area contributed by atoms with Crippen LogP contribution in [0.15, 0.2) is 53.7 Å². The minimum Gasteiger partial charge on any atom is -0.325 e. The zero-order valence-electron chi connectivity index (χ0n) is 16.5. The standard InChI is InChI=1S/C20H26N4O3S2/c1-2-29(26,27)24-12-10-23(11-13-24)15-19(25)22-18-7-5-6-17(14-18)16-28-20-8-3-4-9-21-20/h3-9,14H,2,10-13,15-16H2,1H3,(H,22,25). The van der Waals surface area contributed by atoms with Crippen LogP contribution in [0, 0.1) is 0 Å². The van der Waals surface area contributed by atoms with Crippen molar-refractivity contribution in [1.82, 2.24) is 14.2 Å². The number of nitrogens with zero attached hydrogens (tertiary/aromatic N) is 3. The molecule has 0 bridgehead atoms. The van der Waals surface area contributed by atoms with Gasteiger partial charge in [0.2, 0.25) is 15.9 Å². The van der Waals surface area contributed by atoms with Gasteiger partial charge in [-0.15, -0.1) is 11.8 Å². The molecule has 29 heavy (non-hydrogen) atoms. The molecule has 1 aliphatic heterocycles. The quantitative estimate of drug-likeness (QED) is 0.642. The van der Waals surface area contributed by atoms with Gasteiger partial charge >= 0.3 is 0 Å². The summed E-state index contributed by atoms with van der Waals surface area (Å²) < 4.78 is 25.3. The van der Waals surface area contributed by atoms with Crippen molar-refractivity contribution in [2.24, 2.45) is 0 Å². The molecule has 1 amide bonds. The van der Waals surface area contributed by atoms with Gasteiger partial charge in [0.15, 0.2) is 0 Å². The van der Waals surface area contributed by atoms with Crippen LogP contribution in [0.25, 0.3) is 0 Å². The van der Waals surface area contributed by atoms with E-state index in [1.165, 1.54) is 4.31 Å². The third-order valence-electron chi connectivity index (χ3n) is 4.69. The van der Waals surface area contributed by atoms with E-state index in [-0.39, 0.29) is 18.2 Å². The van der Waals surface area contributed by atoms with E-state index < -0.39 is 10.0 Å². The molecule has 0 aliphatic carbocycles. The highest BCUT2D eigenvalue weighted by Crippen LogP contribution is 2.22. The first-order valence-electron chi connectivity index (χ1n) is 9.59. The second-order valence-electron chi connectivity index (χ2n) is 6.78. The number of amides is 1. The van der Waals surface area contributed by atoms with Crippen LogP contribution < -0.4 is 5.32 Å². The minimum absolute atomic E-state index is 0.0914. The smallest absolute Gasteiger partial charge is 0.238 e. The fourth-order valence-corrected chi connectivity index (χ4v) is 4.97. The minimum atomic E-state index is -3.15. The predicted molar refractivity (Wildman–Crippen MR) is 116 cm³/mol. The van der Waals surface area contributed by atoms with Gasteiger partial charge in [-0.1, -0.05) is 18.2 Å². The Morgan fingerprint density at radius 2 is 1.93 bits per heavy atom. The van der Waals surface area contributed by atoms with Gasteiger partial charge in [0.25, 0.3) is 0 Å². The van der Waals surface area contributed by atoms with Crippen LogP contribution in [0.5, 0.6) is 0 Å². The van der Waals surface area contributed by atoms with Crippen molar-refractivity contribution in [3.63, 3.8) is 0 Å². The van der Waals surface area contributed by atoms with Crippen molar-refractivity contribution in [2.45, 2.75) is 17.7 Å². The lowest BCUT2D eigenvalue weighted by atomic mass is 10.2. The molecular formula is C20H26N4O3S2. The van der Waals surface area contributed by atoms with Gasteiger partial charge in [-0.2, -0.15) is 4.31 Å². The number of piperazine rings is 1. The Balaban J connectivity index is 1.47. The number of rotatable bonds is 8. The summed E-state index contributed by atoms with van der Waals surface area (Å²) in [6, 6.07) is 13.6. The van der Waals surface area contributed by atoms with Crippen LogP contribution in [0.2, 0.25) is 0 Å². The Bertz CT molecular complexity index is 914. The summed E-state index contributed by atoms with van der Waals surface area (Å²) in [5.41, 5.74) is 1.87. The number of aromatic nitrogens is 1. The second kappa shape index (κ2) is 10.2. The van der Waals surface area contributed by atoms with Crippen LogP contribution in [-0.4, -0.2) is 67.0 Å². The molecule has 7 nitrogen and oxygen atoms in total. The van der Waals surface area contributed by atoms with E-state index in [4.69, 9.17) is 0 Å². The summed E-state index contributed by atoms with van der Waals surface area (Å²) in [6.45, 7) is 3.90. The molecule has 0 saturated carbocycles. The highest BCUT2D eigenvalue weighted by Gasteiger charge is 2.26. The fraction of sp³-hybridized carbons (Fsp3) is 0.400. The molecule has 1 aromatic heterocycles. The highest BCUT2D eigenvalue weighted by atomic mass is 32.2. The van der Waals surface area contributed by atoms with E-state index in [0.717, 1.165) is 22.0 Å². The summed E-state index contributed by atoms with van der Waals surface area (Å²) in [4.78, 5) is 18.7. The zero-order valence-corrected chi connectivity index (χ0v) is 18.1. The lowest BCUT2D eigenvalue weighted by Gasteiger charge is -2.33. The zero-order chi connectivity index (χ0) is 20.7. The van der Waals surface area contributed by atoms with E-state index in [2.05, 4.69) is 10.3 Å². The van der Waals surface area contributed by atoms with Crippen molar-refractivity contribution >= 4 is 33.4 Å². The molecule has 0 unspecified atom stereocenters. The summed E-state index contributed by atoms with van der Waals surface area (Å²) in [7, 11) is -3.15. The van der Waals surface area contributed by atoms with Crippen molar-refractivity contribution < 1.29 is 13.2 Å². The first-order chi connectivity index (χ1) is 14.0. The molecule has 1 N–H and O–H groups in total.